The van der Waals surface area contributed by atoms with Gasteiger partial charge in [0.25, 0.3) is 5.97 Å². The molecule has 0 amide bonds. The molecule has 0 aliphatic rings. The maximum absolute atomic E-state index is 9.00. The second kappa shape index (κ2) is 9.74. The zero-order valence-electron chi connectivity index (χ0n) is 3.43. The van der Waals surface area contributed by atoms with Crippen LogP contribution in [-0.4, -0.2) is 11.1 Å². The molecule has 5 heteroatoms. The minimum atomic E-state index is -0.833. The van der Waals surface area contributed by atoms with Gasteiger partial charge in [-0.3, -0.25) is 4.79 Å². The monoisotopic (exact) mass is 188 g/mol. The predicted molar refractivity (Wildman–Crippen MR) is 25.0 cm³/mol. The van der Waals surface area contributed by atoms with Gasteiger partial charge in [-0.05, 0) is 0 Å². The van der Waals surface area contributed by atoms with Crippen LogP contribution in [0.25, 0.3) is 0 Å². The predicted octanol–water partition coefficient (Wildman–Crippen LogP) is 1.47. The standard InChI is InChI=1S/C2H4O2.2ClH.Ni/c1-2(3)4;;;/h1H3,(H,3,4);2*1H;/q;;;+2/p-2. The Balaban J connectivity index is 0. The van der Waals surface area contributed by atoms with Gasteiger partial charge in [0.05, 0.1) is 0 Å². The van der Waals surface area contributed by atoms with Crippen molar-refractivity contribution in [3.05, 3.63) is 0 Å². The molecule has 7 heavy (non-hydrogen) atoms. The van der Waals surface area contributed by atoms with Crippen molar-refractivity contribution in [2.24, 2.45) is 0 Å². The second-order valence-electron chi connectivity index (χ2n) is 0.564. The second-order valence-corrected chi connectivity index (χ2v) is 2.20. The van der Waals surface area contributed by atoms with Crippen molar-refractivity contribution in [1.29, 1.82) is 0 Å². The van der Waals surface area contributed by atoms with Gasteiger partial charge in [-0.15, -0.1) is 0 Å². The first kappa shape index (κ1) is 10.5. The van der Waals surface area contributed by atoms with Gasteiger partial charge in [0.2, 0.25) is 0 Å². The van der Waals surface area contributed by atoms with E-state index in [1.807, 2.05) is 0 Å². The molecule has 48 valence electrons. The van der Waals surface area contributed by atoms with Crippen molar-refractivity contribution in [2.75, 3.05) is 0 Å². The van der Waals surface area contributed by atoms with Gasteiger partial charge in [-0.1, -0.05) is 0 Å². The average Bonchev–Trinajstić information content (AvgIpc) is 1.33. The van der Waals surface area contributed by atoms with Crippen LogP contribution in [0.5, 0.6) is 0 Å². The van der Waals surface area contributed by atoms with Gasteiger partial charge < -0.3 is 5.11 Å². The number of rotatable bonds is 0. The van der Waals surface area contributed by atoms with Crippen LogP contribution in [0.15, 0.2) is 0 Å². The van der Waals surface area contributed by atoms with Gasteiger partial charge in [0.1, 0.15) is 0 Å². The number of carbonyl (C=O) groups is 1. The van der Waals surface area contributed by atoms with Crippen molar-refractivity contribution < 1.29 is 22.6 Å². The third-order valence-electron chi connectivity index (χ3n) is 0. The molecule has 0 spiro atoms. The number of carboxylic acid groups (broad SMARTS) is 1. The normalized spacial score (nSPS) is 6.71. The Hall–Kier alpha value is 0.544. The molecule has 0 aromatic carbocycles. The fourth-order valence-electron chi connectivity index (χ4n) is 0. The molecular weight excluding hydrogens is 186 g/mol. The number of hydrogen-bond donors (Lipinski definition) is 1. The zero-order chi connectivity index (χ0) is 6.28. The summed E-state index contributed by atoms with van der Waals surface area (Å²) in [7, 11) is 9.40. The van der Waals surface area contributed by atoms with Crippen molar-refractivity contribution in [3.8, 4) is 0 Å². The molecule has 0 aromatic heterocycles. The maximum atomic E-state index is 9.00. The molecule has 0 saturated carbocycles. The fraction of sp³-hybridized carbons (Fsp3) is 0.500. The van der Waals surface area contributed by atoms with Gasteiger partial charge in [-0.2, -0.15) is 0 Å². The third-order valence-corrected chi connectivity index (χ3v) is 0. The Bertz CT molecular complexity index is 45.0. The topological polar surface area (TPSA) is 37.3 Å². The molecule has 0 radical (unpaired) electrons. The molecule has 1 N–H and O–H groups in total. The molecule has 0 unspecified atom stereocenters. The van der Waals surface area contributed by atoms with E-state index >= 15 is 0 Å². The molecule has 0 bridgehead atoms. The first-order valence-electron chi connectivity index (χ1n) is 1.17. The summed E-state index contributed by atoms with van der Waals surface area (Å²) in [6.07, 6.45) is 0. The molecule has 0 heterocycles. The summed E-state index contributed by atoms with van der Waals surface area (Å²) in [4.78, 5) is 9.00. The number of halogens is 2. The Kier molecular flexibility index (Phi) is 14.6. The van der Waals surface area contributed by atoms with Crippen LogP contribution in [-0.2, 0) is 17.4 Å². The van der Waals surface area contributed by atoms with Gasteiger partial charge in [0, 0.05) is 6.92 Å². The van der Waals surface area contributed by atoms with Crippen molar-refractivity contribution in [3.63, 3.8) is 0 Å². The fourth-order valence-corrected chi connectivity index (χ4v) is 0. The van der Waals surface area contributed by atoms with E-state index in [-0.39, 0.29) is 0 Å². The molecule has 0 saturated heterocycles. The Labute approximate surface area is 56.1 Å². The summed E-state index contributed by atoms with van der Waals surface area (Å²) in [6, 6.07) is 0. The summed E-state index contributed by atoms with van der Waals surface area (Å²) >= 11 is 0.569. The molecule has 2 nitrogen and oxygen atoms in total. The first-order chi connectivity index (χ1) is 3.15. The van der Waals surface area contributed by atoms with Crippen LogP contribution in [0.4, 0.5) is 0 Å². The van der Waals surface area contributed by atoms with Crippen LogP contribution in [0.2, 0.25) is 0 Å². The zero-order valence-corrected chi connectivity index (χ0v) is 5.93. The van der Waals surface area contributed by atoms with E-state index in [0.29, 0.717) is 12.7 Å². The first-order valence-corrected chi connectivity index (χ1v) is 3.88. The van der Waals surface area contributed by atoms with E-state index in [1.54, 1.807) is 0 Å². The van der Waals surface area contributed by atoms with Crippen LogP contribution in [0.3, 0.4) is 0 Å². The van der Waals surface area contributed by atoms with Crippen molar-refractivity contribution in [1.82, 2.24) is 0 Å². The molecule has 0 atom stereocenters. The molecule has 0 fully saturated rings. The van der Waals surface area contributed by atoms with Crippen LogP contribution < -0.4 is 0 Å². The Morgan fingerprint density at radius 1 is 1.71 bits per heavy atom. The van der Waals surface area contributed by atoms with Gasteiger partial charge in [-0.25, -0.2) is 0 Å². The summed E-state index contributed by atoms with van der Waals surface area (Å²) < 4.78 is 0. The summed E-state index contributed by atoms with van der Waals surface area (Å²) in [5, 5.41) is 7.42. The Morgan fingerprint density at radius 2 is 1.71 bits per heavy atom. The van der Waals surface area contributed by atoms with E-state index in [2.05, 4.69) is 0 Å². The molecule has 0 aliphatic carbocycles. The number of aliphatic carboxylic acids is 1. The average molecular weight is 190 g/mol. The molecular formula is C2H4Cl2NiO2. The van der Waals surface area contributed by atoms with E-state index in [4.69, 9.17) is 30.3 Å². The van der Waals surface area contributed by atoms with Gasteiger partial charge >= 0.3 is 33.0 Å². The Morgan fingerprint density at radius 3 is 1.71 bits per heavy atom. The quantitative estimate of drug-likeness (QED) is 0.586. The molecule has 0 aliphatic heterocycles. The van der Waals surface area contributed by atoms with Crippen molar-refractivity contribution >= 4 is 26.4 Å². The van der Waals surface area contributed by atoms with E-state index in [0.717, 1.165) is 6.92 Å². The summed E-state index contributed by atoms with van der Waals surface area (Å²) in [6.45, 7) is 1.08. The van der Waals surface area contributed by atoms with Crippen LogP contribution >= 0.6 is 20.4 Å². The third kappa shape index (κ3) is 457. The number of hydrogen-bond acceptors (Lipinski definition) is 1. The SMILES string of the molecule is CC(=O)O.[Cl][Ni][Cl]. The molecule has 0 rings (SSSR count). The summed E-state index contributed by atoms with van der Waals surface area (Å²) in [5.41, 5.74) is 0. The van der Waals surface area contributed by atoms with Crippen LogP contribution in [0.1, 0.15) is 6.92 Å². The number of carboxylic acids is 1. The van der Waals surface area contributed by atoms with E-state index in [9.17, 15) is 0 Å². The minimum absolute atomic E-state index is 0.569. The van der Waals surface area contributed by atoms with Gasteiger partial charge in [0.15, 0.2) is 0 Å². The van der Waals surface area contributed by atoms with E-state index < -0.39 is 5.97 Å². The summed E-state index contributed by atoms with van der Waals surface area (Å²) in [5.74, 6) is -0.833. The molecule has 0 aromatic rings. The van der Waals surface area contributed by atoms with Crippen LogP contribution in [0, 0.1) is 0 Å². The van der Waals surface area contributed by atoms with E-state index in [1.165, 1.54) is 0 Å². The van der Waals surface area contributed by atoms with Crippen molar-refractivity contribution in [2.45, 2.75) is 6.92 Å².